The minimum absolute atomic E-state index is 0.0899. The Bertz CT molecular complexity index is 799. The van der Waals surface area contributed by atoms with Crippen LogP contribution in [-0.4, -0.2) is 39.1 Å². The van der Waals surface area contributed by atoms with Gasteiger partial charge in [0.25, 0.3) is 0 Å². The molecule has 118 valence electrons. The number of benzene rings is 1. The molecular weight excluding hydrogens is 288 g/mol. The van der Waals surface area contributed by atoms with Crippen molar-refractivity contribution in [2.24, 2.45) is 7.05 Å². The first kappa shape index (κ1) is 14.4. The van der Waals surface area contributed by atoms with Crippen LogP contribution in [0.1, 0.15) is 17.5 Å². The Morgan fingerprint density at radius 2 is 2.13 bits per heavy atom. The van der Waals surface area contributed by atoms with E-state index in [-0.39, 0.29) is 6.10 Å². The lowest BCUT2D eigenvalue weighted by atomic mass is 10.1. The highest BCUT2D eigenvalue weighted by atomic mass is 16.5. The second-order valence-electron chi connectivity index (χ2n) is 5.96. The molecule has 0 radical (unpaired) electrons. The van der Waals surface area contributed by atoms with Crippen LogP contribution in [-0.2, 0) is 18.3 Å². The smallest absolute Gasteiger partial charge is 0.123 e. The highest BCUT2D eigenvalue weighted by Crippen LogP contribution is 2.23. The highest BCUT2D eigenvalue weighted by Gasteiger charge is 2.23. The van der Waals surface area contributed by atoms with Gasteiger partial charge < -0.3 is 9.30 Å². The Kier molecular flexibility index (Phi) is 3.81. The van der Waals surface area contributed by atoms with E-state index in [0.29, 0.717) is 0 Å². The summed E-state index contributed by atoms with van der Waals surface area (Å²) in [7, 11) is 2.09. The van der Waals surface area contributed by atoms with Gasteiger partial charge in [0.2, 0.25) is 0 Å². The second-order valence-corrected chi connectivity index (χ2v) is 5.96. The van der Waals surface area contributed by atoms with Crippen LogP contribution in [0.5, 0.6) is 0 Å². The molecule has 1 atom stereocenters. The average molecular weight is 308 g/mol. The lowest BCUT2D eigenvalue weighted by molar-refractivity contribution is -0.0340. The van der Waals surface area contributed by atoms with Crippen molar-refractivity contribution in [2.75, 3.05) is 19.7 Å². The maximum atomic E-state index is 5.91. The lowest BCUT2D eigenvalue weighted by Gasteiger charge is -2.32. The van der Waals surface area contributed by atoms with Gasteiger partial charge in [0.15, 0.2) is 0 Å². The van der Waals surface area contributed by atoms with Crippen LogP contribution < -0.4 is 0 Å². The summed E-state index contributed by atoms with van der Waals surface area (Å²) in [5, 5.41) is 0. The number of aryl methyl sites for hydroxylation is 1. The largest absolute Gasteiger partial charge is 0.371 e. The number of fused-ring (bicyclic) bond motifs is 1. The molecule has 1 aromatic carbocycles. The average Bonchev–Trinajstić information content (AvgIpc) is 2.92. The Morgan fingerprint density at radius 1 is 1.22 bits per heavy atom. The van der Waals surface area contributed by atoms with Crippen LogP contribution in [0.4, 0.5) is 0 Å². The third-order valence-corrected chi connectivity index (χ3v) is 4.45. The third-order valence-electron chi connectivity index (χ3n) is 4.45. The van der Waals surface area contributed by atoms with E-state index >= 15 is 0 Å². The van der Waals surface area contributed by atoms with Crippen molar-refractivity contribution < 1.29 is 4.74 Å². The first-order valence-corrected chi connectivity index (χ1v) is 7.95. The first-order valence-electron chi connectivity index (χ1n) is 7.95. The fourth-order valence-electron chi connectivity index (χ4n) is 3.15. The molecule has 4 rings (SSSR count). The van der Waals surface area contributed by atoms with Gasteiger partial charge in [-0.3, -0.25) is 9.88 Å². The molecule has 1 aliphatic heterocycles. The zero-order chi connectivity index (χ0) is 15.6. The zero-order valence-corrected chi connectivity index (χ0v) is 13.2. The second kappa shape index (κ2) is 6.10. The molecule has 0 spiro atoms. The van der Waals surface area contributed by atoms with Crippen molar-refractivity contribution in [3.63, 3.8) is 0 Å². The SMILES string of the molecule is Cn1c(CN2CCO[C@@H](c3cccnc3)C2)nc2ccccc21. The van der Waals surface area contributed by atoms with Crippen LogP contribution >= 0.6 is 0 Å². The highest BCUT2D eigenvalue weighted by molar-refractivity contribution is 5.75. The minimum Gasteiger partial charge on any atom is -0.371 e. The van der Waals surface area contributed by atoms with Crippen LogP contribution in [0.3, 0.4) is 0 Å². The zero-order valence-electron chi connectivity index (χ0n) is 13.2. The van der Waals surface area contributed by atoms with E-state index in [0.717, 1.165) is 43.1 Å². The molecule has 0 bridgehead atoms. The molecule has 2 aromatic heterocycles. The van der Waals surface area contributed by atoms with Crippen molar-refractivity contribution in [1.29, 1.82) is 0 Å². The normalized spacial score (nSPS) is 19.3. The van der Waals surface area contributed by atoms with Crippen LogP contribution in [0.15, 0.2) is 48.8 Å². The number of ether oxygens (including phenoxy) is 1. The predicted molar refractivity (Wildman–Crippen MR) is 88.9 cm³/mol. The van der Waals surface area contributed by atoms with E-state index in [1.165, 1.54) is 5.52 Å². The molecule has 5 heteroatoms. The monoisotopic (exact) mass is 308 g/mol. The number of pyridine rings is 1. The molecule has 0 N–H and O–H groups in total. The number of hydrogen-bond donors (Lipinski definition) is 0. The summed E-state index contributed by atoms with van der Waals surface area (Å²) in [6.45, 7) is 3.38. The van der Waals surface area contributed by atoms with E-state index < -0.39 is 0 Å². The Morgan fingerprint density at radius 3 is 2.96 bits per heavy atom. The number of nitrogens with zero attached hydrogens (tertiary/aromatic N) is 4. The Hall–Kier alpha value is -2.24. The van der Waals surface area contributed by atoms with E-state index in [1.807, 2.05) is 18.3 Å². The lowest BCUT2D eigenvalue weighted by Crippen LogP contribution is -2.38. The predicted octanol–water partition coefficient (Wildman–Crippen LogP) is 2.54. The standard InChI is InChI=1S/C18H20N4O/c1-21-16-7-3-2-6-15(16)20-18(21)13-22-9-10-23-17(12-22)14-5-4-8-19-11-14/h2-8,11,17H,9-10,12-13H2,1H3/t17-/m1/s1. The molecule has 1 saturated heterocycles. The Labute approximate surface area is 135 Å². The number of imidazole rings is 1. The molecule has 3 heterocycles. The maximum Gasteiger partial charge on any atom is 0.123 e. The molecule has 3 aromatic rings. The minimum atomic E-state index is 0.0899. The first-order chi connectivity index (χ1) is 11.3. The van der Waals surface area contributed by atoms with E-state index in [4.69, 9.17) is 9.72 Å². The fraction of sp³-hybridized carbons (Fsp3) is 0.333. The number of aromatic nitrogens is 3. The van der Waals surface area contributed by atoms with E-state index in [1.54, 1.807) is 6.20 Å². The summed E-state index contributed by atoms with van der Waals surface area (Å²) in [6.07, 6.45) is 3.78. The van der Waals surface area contributed by atoms with Crippen LogP contribution in [0.25, 0.3) is 11.0 Å². The third kappa shape index (κ3) is 2.85. The molecule has 5 nitrogen and oxygen atoms in total. The summed E-state index contributed by atoms with van der Waals surface area (Å²) < 4.78 is 8.10. The molecular formula is C18H20N4O. The number of morpholine rings is 1. The van der Waals surface area contributed by atoms with Crippen LogP contribution in [0, 0.1) is 0 Å². The van der Waals surface area contributed by atoms with Crippen molar-refractivity contribution in [3.8, 4) is 0 Å². The van der Waals surface area contributed by atoms with Crippen molar-refractivity contribution in [1.82, 2.24) is 19.4 Å². The topological polar surface area (TPSA) is 43.2 Å². The van der Waals surface area contributed by atoms with Gasteiger partial charge in [0, 0.05) is 38.1 Å². The fourth-order valence-corrected chi connectivity index (χ4v) is 3.15. The molecule has 0 aliphatic carbocycles. The maximum absolute atomic E-state index is 5.91. The summed E-state index contributed by atoms with van der Waals surface area (Å²) >= 11 is 0. The summed E-state index contributed by atoms with van der Waals surface area (Å²) in [5.74, 6) is 1.10. The Balaban J connectivity index is 1.53. The van der Waals surface area contributed by atoms with Crippen molar-refractivity contribution >= 4 is 11.0 Å². The van der Waals surface area contributed by atoms with Crippen molar-refractivity contribution in [2.45, 2.75) is 12.6 Å². The van der Waals surface area contributed by atoms with Gasteiger partial charge in [0.1, 0.15) is 5.82 Å². The van der Waals surface area contributed by atoms with Gasteiger partial charge in [-0.1, -0.05) is 18.2 Å². The van der Waals surface area contributed by atoms with Gasteiger partial charge in [-0.2, -0.15) is 0 Å². The summed E-state index contributed by atoms with van der Waals surface area (Å²) in [5.41, 5.74) is 3.38. The summed E-state index contributed by atoms with van der Waals surface area (Å²) in [4.78, 5) is 11.4. The molecule has 0 unspecified atom stereocenters. The van der Waals surface area contributed by atoms with Gasteiger partial charge in [-0.15, -0.1) is 0 Å². The van der Waals surface area contributed by atoms with Gasteiger partial charge in [0.05, 0.1) is 30.3 Å². The van der Waals surface area contributed by atoms with Gasteiger partial charge >= 0.3 is 0 Å². The van der Waals surface area contributed by atoms with E-state index in [9.17, 15) is 0 Å². The number of para-hydroxylation sites is 2. The quantitative estimate of drug-likeness (QED) is 0.746. The van der Waals surface area contributed by atoms with Gasteiger partial charge in [-0.25, -0.2) is 4.98 Å². The molecule has 1 fully saturated rings. The molecule has 0 amide bonds. The van der Waals surface area contributed by atoms with Gasteiger partial charge in [-0.05, 0) is 18.2 Å². The van der Waals surface area contributed by atoms with Crippen molar-refractivity contribution in [3.05, 3.63) is 60.2 Å². The van der Waals surface area contributed by atoms with E-state index in [2.05, 4.69) is 45.8 Å². The molecule has 23 heavy (non-hydrogen) atoms. The van der Waals surface area contributed by atoms with Crippen LogP contribution in [0.2, 0.25) is 0 Å². The molecule has 0 saturated carbocycles. The molecule has 1 aliphatic rings. The number of rotatable bonds is 3. The summed E-state index contributed by atoms with van der Waals surface area (Å²) in [6, 6.07) is 12.3. The number of hydrogen-bond acceptors (Lipinski definition) is 4.